The fourth-order valence-corrected chi connectivity index (χ4v) is 4.76. The van der Waals surface area contributed by atoms with E-state index in [1.807, 2.05) is 24.0 Å². The first-order valence-electron chi connectivity index (χ1n) is 13.7. The summed E-state index contributed by atoms with van der Waals surface area (Å²) < 4.78 is 0. The maximum Gasteiger partial charge on any atom is 0.269 e. The number of hydrogen-bond acceptors (Lipinski definition) is 4. The molecule has 39 heavy (non-hydrogen) atoms. The lowest BCUT2D eigenvalue weighted by Gasteiger charge is -2.31. The van der Waals surface area contributed by atoms with E-state index in [1.165, 1.54) is 17.2 Å². The van der Waals surface area contributed by atoms with Crippen molar-refractivity contribution in [3.05, 3.63) is 83.1 Å². The molecule has 1 aliphatic heterocycles. The molecule has 0 aromatic heterocycles. The third-order valence-corrected chi connectivity index (χ3v) is 7.65. The van der Waals surface area contributed by atoms with Gasteiger partial charge in [-0.2, -0.15) is 0 Å². The fraction of sp³-hybridized carbons (Fsp3) is 0.406. The maximum atomic E-state index is 13.4. The number of carbonyl (C=O) groups excluding carboxylic acids is 3. The summed E-state index contributed by atoms with van der Waals surface area (Å²) in [4.78, 5) is 42.5. The number of anilines is 2. The van der Waals surface area contributed by atoms with Crippen molar-refractivity contribution in [3.8, 4) is 0 Å². The molecule has 1 unspecified atom stereocenters. The molecular weight excluding hydrogens is 488 g/mol. The molecule has 0 radical (unpaired) electrons. The molecule has 1 atom stereocenters. The van der Waals surface area contributed by atoms with Crippen molar-refractivity contribution in [2.75, 3.05) is 37.3 Å². The summed E-state index contributed by atoms with van der Waals surface area (Å²) in [5.74, 6) is -0.100. The summed E-state index contributed by atoms with van der Waals surface area (Å²) in [6, 6.07) is 11.4. The van der Waals surface area contributed by atoms with Gasteiger partial charge in [0.1, 0.15) is 5.70 Å². The number of likely N-dealkylation sites (N-methyl/N-ethyl adjacent to an activating group) is 1. The predicted octanol–water partition coefficient (Wildman–Crippen LogP) is 5.88. The largest absolute Gasteiger partial charge is 0.351 e. The van der Waals surface area contributed by atoms with Crippen LogP contribution in [-0.4, -0.2) is 54.2 Å². The van der Waals surface area contributed by atoms with Crippen molar-refractivity contribution in [1.82, 2.24) is 9.80 Å². The first-order valence-corrected chi connectivity index (χ1v) is 13.7. The molecule has 2 N–H and O–H groups in total. The Morgan fingerprint density at radius 3 is 2.46 bits per heavy atom. The topological polar surface area (TPSA) is 81.8 Å². The van der Waals surface area contributed by atoms with Crippen molar-refractivity contribution in [2.24, 2.45) is 5.92 Å². The fourth-order valence-electron chi connectivity index (χ4n) is 4.76. The van der Waals surface area contributed by atoms with Crippen LogP contribution in [0.3, 0.4) is 0 Å². The molecule has 0 bridgehead atoms. The second-order valence-electron chi connectivity index (χ2n) is 10.5. The number of nitrogens with zero attached hydrogens (tertiary/aromatic N) is 2. The Balaban J connectivity index is 1.98. The number of likely N-dealkylation sites (tertiary alicyclic amines) is 1. The molecule has 3 amide bonds. The van der Waals surface area contributed by atoms with Crippen LogP contribution in [0.15, 0.2) is 60.8 Å². The number of benzene rings is 2. The van der Waals surface area contributed by atoms with E-state index in [0.29, 0.717) is 48.2 Å². The van der Waals surface area contributed by atoms with Crippen LogP contribution in [0.5, 0.6) is 0 Å². The van der Waals surface area contributed by atoms with Crippen LogP contribution in [0.25, 0.3) is 0 Å². The van der Waals surface area contributed by atoms with E-state index < -0.39 is 5.91 Å². The van der Waals surface area contributed by atoms with Crippen molar-refractivity contribution in [2.45, 2.75) is 53.4 Å². The van der Waals surface area contributed by atoms with Crippen LogP contribution in [0.1, 0.15) is 66.6 Å². The van der Waals surface area contributed by atoms with E-state index in [-0.39, 0.29) is 17.7 Å². The van der Waals surface area contributed by atoms with Gasteiger partial charge < -0.3 is 20.4 Å². The lowest BCUT2D eigenvalue weighted by atomic mass is 9.92. The Bertz CT molecular complexity index is 1260. The Hall–Kier alpha value is -3.87. The van der Waals surface area contributed by atoms with Gasteiger partial charge in [-0.3, -0.25) is 14.4 Å². The summed E-state index contributed by atoms with van der Waals surface area (Å²) in [6.07, 6.45) is 5.03. The molecule has 0 spiro atoms. The number of aryl methyl sites for hydroxylation is 1. The summed E-state index contributed by atoms with van der Waals surface area (Å²) in [6.45, 7) is 15.8. The second-order valence-corrected chi connectivity index (χ2v) is 10.5. The average Bonchev–Trinajstić information content (AvgIpc) is 2.93. The summed E-state index contributed by atoms with van der Waals surface area (Å²) in [7, 11) is 1.76. The van der Waals surface area contributed by atoms with E-state index in [1.54, 1.807) is 30.1 Å². The highest BCUT2D eigenvalue weighted by Gasteiger charge is 2.24. The van der Waals surface area contributed by atoms with Crippen LogP contribution < -0.4 is 10.6 Å². The van der Waals surface area contributed by atoms with E-state index in [0.717, 1.165) is 18.4 Å². The monoisotopic (exact) mass is 530 g/mol. The number of nitrogens with one attached hydrogen (secondary N) is 2. The number of piperidine rings is 1. The third-order valence-electron chi connectivity index (χ3n) is 7.65. The van der Waals surface area contributed by atoms with Crippen LogP contribution in [-0.2, 0) is 9.59 Å². The van der Waals surface area contributed by atoms with Gasteiger partial charge in [-0.25, -0.2) is 0 Å². The normalized spacial score (nSPS) is 14.9. The summed E-state index contributed by atoms with van der Waals surface area (Å²) in [5, 5.41) is 6.07. The van der Waals surface area contributed by atoms with E-state index in [9.17, 15) is 14.4 Å². The first kappa shape index (κ1) is 29.7. The molecule has 1 saturated heterocycles. The SMILES string of the molecule is C=CC(=O)Nc1cc(N/C(=C/C(C)c2cccc(C)c2C)C(=O)N(C)CC)ccc1C(=O)N1CCC(C)CC1. The molecule has 7 nitrogen and oxygen atoms in total. The Labute approximate surface area is 233 Å². The highest BCUT2D eigenvalue weighted by molar-refractivity contribution is 6.07. The number of allylic oxidation sites excluding steroid dienone is 1. The Morgan fingerprint density at radius 1 is 1.13 bits per heavy atom. The van der Waals surface area contributed by atoms with Gasteiger partial charge in [-0.1, -0.05) is 38.6 Å². The van der Waals surface area contributed by atoms with Crippen LogP contribution in [0.2, 0.25) is 0 Å². The van der Waals surface area contributed by atoms with Crippen molar-refractivity contribution >= 4 is 29.1 Å². The standard InChI is InChI=1S/C32H42N4O3/c1-8-30(37)34-28-20-25(13-14-27(28)31(38)36-17-15-21(3)16-18-36)33-29(32(39)35(7)9-2)19-23(5)26-12-10-11-22(4)24(26)6/h8,10-14,19-21,23,33H,1,9,15-18H2,2-7H3,(H,34,37)/b29-19+. The number of carbonyl (C=O) groups is 3. The molecule has 0 saturated carbocycles. The van der Waals surface area contributed by atoms with Gasteiger partial charge >= 0.3 is 0 Å². The molecule has 1 aliphatic rings. The van der Waals surface area contributed by atoms with Crippen molar-refractivity contribution in [3.63, 3.8) is 0 Å². The minimum atomic E-state index is -0.408. The van der Waals surface area contributed by atoms with Crippen molar-refractivity contribution in [1.29, 1.82) is 0 Å². The second kappa shape index (κ2) is 13.3. The number of rotatable bonds is 9. The molecule has 208 valence electrons. The van der Waals surface area contributed by atoms with Gasteiger partial charge in [-0.15, -0.1) is 0 Å². The zero-order chi connectivity index (χ0) is 28.7. The molecular formula is C32H42N4O3. The molecule has 0 aliphatic carbocycles. The summed E-state index contributed by atoms with van der Waals surface area (Å²) >= 11 is 0. The molecule has 3 rings (SSSR count). The van der Waals surface area contributed by atoms with E-state index in [4.69, 9.17) is 0 Å². The lowest BCUT2D eigenvalue weighted by Crippen LogP contribution is -2.38. The minimum Gasteiger partial charge on any atom is -0.351 e. The average molecular weight is 531 g/mol. The zero-order valence-electron chi connectivity index (χ0n) is 24.1. The van der Waals surface area contributed by atoms with Gasteiger partial charge in [0.2, 0.25) is 5.91 Å². The first-order chi connectivity index (χ1) is 18.5. The van der Waals surface area contributed by atoms with E-state index in [2.05, 4.69) is 57.0 Å². The maximum absolute atomic E-state index is 13.4. The van der Waals surface area contributed by atoms with Gasteiger partial charge in [0.05, 0.1) is 11.3 Å². The van der Waals surface area contributed by atoms with Gasteiger partial charge in [0.15, 0.2) is 0 Å². The van der Waals surface area contributed by atoms with Gasteiger partial charge in [0.25, 0.3) is 11.8 Å². The highest BCUT2D eigenvalue weighted by Crippen LogP contribution is 2.28. The number of amides is 3. The van der Waals surface area contributed by atoms with Crippen LogP contribution in [0.4, 0.5) is 11.4 Å². The molecule has 2 aromatic rings. The lowest BCUT2D eigenvalue weighted by molar-refractivity contribution is -0.125. The minimum absolute atomic E-state index is 0.0242. The molecule has 2 aromatic carbocycles. The molecule has 1 fully saturated rings. The van der Waals surface area contributed by atoms with Gasteiger partial charge in [0, 0.05) is 38.3 Å². The van der Waals surface area contributed by atoms with Crippen LogP contribution in [0, 0.1) is 19.8 Å². The quantitative estimate of drug-likeness (QED) is 0.397. The van der Waals surface area contributed by atoms with Crippen molar-refractivity contribution < 1.29 is 14.4 Å². The smallest absolute Gasteiger partial charge is 0.269 e. The van der Waals surface area contributed by atoms with Gasteiger partial charge in [-0.05, 0) is 86.6 Å². The third kappa shape index (κ3) is 7.37. The zero-order valence-corrected chi connectivity index (χ0v) is 24.1. The number of hydrogen-bond donors (Lipinski definition) is 2. The molecule has 7 heteroatoms. The summed E-state index contributed by atoms with van der Waals surface area (Å²) in [5.41, 5.74) is 5.36. The highest BCUT2D eigenvalue weighted by atomic mass is 16.2. The van der Waals surface area contributed by atoms with Crippen LogP contribution >= 0.6 is 0 Å². The Kier molecular flexibility index (Phi) is 10.1. The Morgan fingerprint density at radius 2 is 1.82 bits per heavy atom. The predicted molar refractivity (Wildman–Crippen MR) is 159 cm³/mol. The molecule has 1 heterocycles. The van der Waals surface area contributed by atoms with E-state index >= 15 is 0 Å².